The molecule has 6 nitrogen and oxygen atoms in total. The first kappa shape index (κ1) is 13.7. The zero-order valence-corrected chi connectivity index (χ0v) is 11.7. The van der Waals surface area contributed by atoms with Crippen LogP contribution in [0.15, 0.2) is 55.0 Å². The van der Waals surface area contributed by atoms with Gasteiger partial charge in [-0.1, -0.05) is 12.1 Å². The highest BCUT2D eigenvalue weighted by molar-refractivity contribution is 5.94. The van der Waals surface area contributed by atoms with Gasteiger partial charge in [0.25, 0.3) is 0 Å². The molecule has 0 saturated heterocycles. The Morgan fingerprint density at radius 1 is 0.864 bits per heavy atom. The molecule has 0 spiro atoms. The molecule has 108 valence electrons. The molecule has 0 saturated carbocycles. The lowest BCUT2D eigenvalue weighted by molar-refractivity contribution is 1.18. The smallest absolute Gasteiger partial charge is 0.124 e. The molecule has 22 heavy (non-hydrogen) atoms. The Hall–Kier alpha value is -3.28. The number of anilines is 1. The van der Waals surface area contributed by atoms with Crippen molar-refractivity contribution in [3.05, 3.63) is 60.6 Å². The number of aromatic nitrogens is 3. The molecule has 5 N–H and O–H groups in total. The fourth-order valence-electron chi connectivity index (χ4n) is 1.99. The third-order valence-corrected chi connectivity index (χ3v) is 3.18. The first-order valence-corrected chi connectivity index (χ1v) is 6.62. The molecule has 0 fully saturated rings. The number of nitrogens with one attached hydrogen (secondary N) is 1. The maximum Gasteiger partial charge on any atom is 0.124 e. The quantitative estimate of drug-likeness (QED) is 0.388. The van der Waals surface area contributed by atoms with Gasteiger partial charge in [0.15, 0.2) is 0 Å². The molecule has 3 rings (SSSR count). The van der Waals surface area contributed by atoms with Crippen molar-refractivity contribution in [3.63, 3.8) is 0 Å². The van der Waals surface area contributed by atoms with Gasteiger partial charge in [-0.3, -0.25) is 15.4 Å². The van der Waals surface area contributed by atoms with Crippen LogP contribution in [0, 0.1) is 5.41 Å². The standard InChI is InChI=1S/C16H14N6/c17-12-4-1-10(2-5-12)14-8-20-9-15(22-14)13-6-3-11(7-21-13)16(18)19/h1-9H,17H2,(H3,18,19). The predicted octanol–water partition coefficient (Wildman–Crippen LogP) is 2.07. The highest BCUT2D eigenvalue weighted by Crippen LogP contribution is 2.21. The number of nitrogen functional groups attached to an aromatic ring is 2. The number of nitrogens with zero attached hydrogens (tertiary/aromatic N) is 3. The summed E-state index contributed by atoms with van der Waals surface area (Å²) >= 11 is 0. The van der Waals surface area contributed by atoms with Crippen molar-refractivity contribution in [1.29, 1.82) is 5.41 Å². The maximum absolute atomic E-state index is 7.37. The summed E-state index contributed by atoms with van der Waals surface area (Å²) < 4.78 is 0. The largest absolute Gasteiger partial charge is 0.399 e. The molecule has 0 aliphatic heterocycles. The van der Waals surface area contributed by atoms with Crippen LogP contribution in [-0.4, -0.2) is 20.8 Å². The highest BCUT2D eigenvalue weighted by atomic mass is 14.8. The molecule has 0 unspecified atom stereocenters. The lowest BCUT2D eigenvalue weighted by atomic mass is 10.1. The average molecular weight is 290 g/mol. The Morgan fingerprint density at radius 2 is 1.59 bits per heavy atom. The van der Waals surface area contributed by atoms with Gasteiger partial charge in [0, 0.05) is 23.0 Å². The van der Waals surface area contributed by atoms with Crippen molar-refractivity contribution in [2.45, 2.75) is 0 Å². The molecule has 1 aromatic carbocycles. The van der Waals surface area contributed by atoms with Crippen LogP contribution in [-0.2, 0) is 0 Å². The summed E-state index contributed by atoms with van der Waals surface area (Å²) in [5.74, 6) is -0.0132. The van der Waals surface area contributed by atoms with E-state index in [9.17, 15) is 0 Å². The maximum atomic E-state index is 7.37. The highest BCUT2D eigenvalue weighted by Gasteiger charge is 2.06. The van der Waals surface area contributed by atoms with Crippen molar-refractivity contribution >= 4 is 11.5 Å². The first-order valence-electron chi connectivity index (χ1n) is 6.62. The molecule has 3 aromatic rings. The van der Waals surface area contributed by atoms with Gasteiger partial charge < -0.3 is 11.5 Å². The fourth-order valence-corrected chi connectivity index (χ4v) is 1.99. The Morgan fingerprint density at radius 3 is 2.23 bits per heavy atom. The second kappa shape index (κ2) is 5.61. The molecule has 6 heteroatoms. The average Bonchev–Trinajstić information content (AvgIpc) is 2.56. The first-order chi connectivity index (χ1) is 10.6. The summed E-state index contributed by atoms with van der Waals surface area (Å²) in [5.41, 5.74) is 15.4. The van der Waals surface area contributed by atoms with Crippen LogP contribution in [0.2, 0.25) is 0 Å². The number of pyridine rings is 1. The van der Waals surface area contributed by atoms with E-state index in [1.807, 2.05) is 24.3 Å². The summed E-state index contributed by atoms with van der Waals surface area (Å²) in [4.78, 5) is 13.1. The van der Waals surface area contributed by atoms with Crippen molar-refractivity contribution in [2.75, 3.05) is 5.73 Å². The Bertz CT molecular complexity index is 809. The minimum atomic E-state index is -0.0132. The van der Waals surface area contributed by atoms with Gasteiger partial charge in [-0.2, -0.15) is 0 Å². The van der Waals surface area contributed by atoms with Crippen LogP contribution >= 0.6 is 0 Å². The van der Waals surface area contributed by atoms with Crippen LogP contribution in [0.5, 0.6) is 0 Å². The predicted molar refractivity (Wildman–Crippen MR) is 86.1 cm³/mol. The summed E-state index contributed by atoms with van der Waals surface area (Å²) in [6.07, 6.45) is 4.89. The molecular formula is C16H14N6. The zero-order valence-electron chi connectivity index (χ0n) is 11.7. The van der Waals surface area contributed by atoms with E-state index in [0.29, 0.717) is 22.6 Å². The lowest BCUT2D eigenvalue weighted by Gasteiger charge is -2.05. The second-order valence-electron chi connectivity index (χ2n) is 4.76. The van der Waals surface area contributed by atoms with Gasteiger partial charge in [-0.25, -0.2) is 4.98 Å². The van der Waals surface area contributed by atoms with Crippen LogP contribution in [0.1, 0.15) is 5.56 Å². The Kier molecular flexibility index (Phi) is 3.49. The molecule has 0 bridgehead atoms. The normalized spacial score (nSPS) is 10.4. The topological polar surface area (TPSA) is 115 Å². The molecule has 0 radical (unpaired) electrons. The number of hydrogen-bond acceptors (Lipinski definition) is 5. The number of benzene rings is 1. The van der Waals surface area contributed by atoms with E-state index in [4.69, 9.17) is 16.9 Å². The van der Waals surface area contributed by atoms with Gasteiger partial charge in [-0.05, 0) is 24.3 Å². The van der Waals surface area contributed by atoms with Gasteiger partial charge in [-0.15, -0.1) is 0 Å². The monoisotopic (exact) mass is 290 g/mol. The van der Waals surface area contributed by atoms with Crippen molar-refractivity contribution in [1.82, 2.24) is 15.0 Å². The number of rotatable bonds is 3. The van der Waals surface area contributed by atoms with Crippen molar-refractivity contribution in [2.24, 2.45) is 5.73 Å². The molecule has 2 aromatic heterocycles. The Balaban J connectivity index is 1.97. The molecule has 2 heterocycles. The van der Waals surface area contributed by atoms with Crippen LogP contribution in [0.3, 0.4) is 0 Å². The summed E-state index contributed by atoms with van der Waals surface area (Å²) in [5, 5.41) is 7.37. The van der Waals surface area contributed by atoms with E-state index >= 15 is 0 Å². The van der Waals surface area contributed by atoms with E-state index in [1.54, 1.807) is 30.7 Å². The number of nitrogens with two attached hydrogens (primary N) is 2. The van der Waals surface area contributed by atoms with E-state index in [-0.39, 0.29) is 5.84 Å². The third kappa shape index (κ3) is 2.76. The second-order valence-corrected chi connectivity index (χ2v) is 4.76. The SMILES string of the molecule is N=C(N)c1ccc(-c2cncc(-c3ccc(N)cc3)n2)nc1. The van der Waals surface area contributed by atoms with Crippen LogP contribution in [0.25, 0.3) is 22.6 Å². The molecule has 0 amide bonds. The zero-order chi connectivity index (χ0) is 15.5. The van der Waals surface area contributed by atoms with E-state index < -0.39 is 0 Å². The van der Waals surface area contributed by atoms with E-state index in [2.05, 4.69) is 15.0 Å². The summed E-state index contributed by atoms with van der Waals surface area (Å²) in [6, 6.07) is 11.0. The van der Waals surface area contributed by atoms with Gasteiger partial charge in [0.05, 0.1) is 23.8 Å². The fraction of sp³-hybridized carbons (Fsp3) is 0. The van der Waals surface area contributed by atoms with E-state index in [1.165, 1.54) is 0 Å². The third-order valence-electron chi connectivity index (χ3n) is 3.18. The lowest BCUT2D eigenvalue weighted by Crippen LogP contribution is -2.11. The Labute approximate surface area is 127 Å². The molecule has 0 aliphatic carbocycles. The number of hydrogen-bond donors (Lipinski definition) is 3. The summed E-state index contributed by atoms with van der Waals surface area (Å²) in [6.45, 7) is 0. The molecule has 0 atom stereocenters. The van der Waals surface area contributed by atoms with Crippen molar-refractivity contribution < 1.29 is 0 Å². The molecular weight excluding hydrogens is 276 g/mol. The van der Waals surface area contributed by atoms with Gasteiger partial charge in [0.1, 0.15) is 11.5 Å². The number of amidine groups is 1. The van der Waals surface area contributed by atoms with Crippen LogP contribution in [0.4, 0.5) is 5.69 Å². The van der Waals surface area contributed by atoms with Crippen LogP contribution < -0.4 is 11.5 Å². The van der Waals surface area contributed by atoms with E-state index in [0.717, 1.165) is 11.3 Å². The van der Waals surface area contributed by atoms with Gasteiger partial charge in [0.2, 0.25) is 0 Å². The van der Waals surface area contributed by atoms with Crippen molar-refractivity contribution in [3.8, 4) is 22.6 Å². The molecule has 0 aliphatic rings. The summed E-state index contributed by atoms with van der Waals surface area (Å²) in [7, 11) is 0. The minimum absolute atomic E-state index is 0.0132. The van der Waals surface area contributed by atoms with Gasteiger partial charge >= 0.3 is 0 Å². The minimum Gasteiger partial charge on any atom is -0.399 e.